The van der Waals surface area contributed by atoms with Crippen molar-refractivity contribution in [3.8, 4) is 11.5 Å². The van der Waals surface area contributed by atoms with Gasteiger partial charge in [0.2, 0.25) is 11.8 Å². The molecule has 2 fully saturated rings. The Kier molecular flexibility index (Phi) is 8.07. The van der Waals surface area contributed by atoms with Gasteiger partial charge in [-0.1, -0.05) is 30.3 Å². The molecule has 1 atom stereocenters. The molecule has 12 heteroatoms. The number of likely N-dealkylation sites (tertiary alicyclic amines) is 1. The molecule has 40 heavy (non-hydrogen) atoms. The summed E-state index contributed by atoms with van der Waals surface area (Å²) in [6, 6.07) is 11.8. The lowest BCUT2D eigenvalue weighted by Crippen LogP contribution is -2.57. The van der Waals surface area contributed by atoms with Crippen LogP contribution in [0.3, 0.4) is 0 Å². The zero-order valence-electron chi connectivity index (χ0n) is 22.0. The summed E-state index contributed by atoms with van der Waals surface area (Å²) in [7, 11) is 0. The van der Waals surface area contributed by atoms with E-state index < -0.39 is 29.7 Å². The minimum absolute atomic E-state index is 0.0901. The smallest absolute Gasteiger partial charge is 0.315 e. The maximum Gasteiger partial charge on any atom is 0.315 e. The maximum absolute atomic E-state index is 15.5. The average Bonchev–Trinajstić information content (AvgIpc) is 3.45. The van der Waals surface area contributed by atoms with Gasteiger partial charge in [-0.25, -0.2) is 9.18 Å². The van der Waals surface area contributed by atoms with Gasteiger partial charge in [0.1, 0.15) is 5.82 Å². The number of piperidine rings is 1. The Hall–Kier alpha value is -3.54. The van der Waals surface area contributed by atoms with E-state index in [1.807, 2.05) is 17.0 Å². The average molecular weight is 574 g/mol. The van der Waals surface area contributed by atoms with Crippen LogP contribution in [-0.4, -0.2) is 63.1 Å². The number of rotatable bonds is 6. The minimum Gasteiger partial charge on any atom is -0.415 e. The molecule has 0 spiro atoms. The minimum atomic E-state index is -2.92. The number of carbonyl (C=O) groups excluding carboxylic acids is 2. The molecule has 0 saturated carbocycles. The number of amides is 3. The number of halogens is 3. The van der Waals surface area contributed by atoms with Crippen molar-refractivity contribution in [2.24, 2.45) is 5.73 Å². The van der Waals surface area contributed by atoms with E-state index in [-0.39, 0.29) is 23.8 Å². The van der Waals surface area contributed by atoms with Gasteiger partial charge in [-0.05, 0) is 47.6 Å². The van der Waals surface area contributed by atoms with Gasteiger partial charge in [0.05, 0.1) is 5.54 Å². The van der Waals surface area contributed by atoms with Crippen LogP contribution < -0.4 is 5.73 Å². The Morgan fingerprint density at radius 3 is 2.45 bits per heavy atom. The number of aromatic nitrogens is 2. The Labute approximate surface area is 234 Å². The van der Waals surface area contributed by atoms with E-state index in [9.17, 15) is 18.4 Å². The third-order valence-electron chi connectivity index (χ3n) is 7.85. The number of benzene rings is 2. The highest BCUT2D eigenvalue weighted by molar-refractivity contribution is 7.99. The molecule has 1 unspecified atom stereocenters. The standard InChI is InChI=1S/C28H30F3N5O3S/c1-17(37)35-10-8-19(9-11-35)18-4-6-22(7-5-18)28(16-40-13-12-36(28)27(32)38)15-21-3-2-20(14-23(21)29)25-33-34-26(39-25)24(30)31/h2-7,14,19,24H,8-13,15-16H2,1H3,(H2,32,38). The van der Waals surface area contributed by atoms with Gasteiger partial charge >= 0.3 is 12.5 Å². The van der Waals surface area contributed by atoms with Gasteiger partial charge < -0.3 is 20.0 Å². The van der Waals surface area contributed by atoms with Crippen molar-refractivity contribution >= 4 is 23.7 Å². The van der Waals surface area contributed by atoms with Crippen LogP contribution in [0.25, 0.3) is 11.5 Å². The Balaban J connectivity index is 1.43. The van der Waals surface area contributed by atoms with Gasteiger partial charge in [-0.15, -0.1) is 10.2 Å². The Morgan fingerprint density at radius 1 is 1.12 bits per heavy atom. The fourth-order valence-electron chi connectivity index (χ4n) is 5.67. The molecule has 0 aliphatic carbocycles. The van der Waals surface area contributed by atoms with Crippen LogP contribution in [-0.2, 0) is 16.8 Å². The molecule has 2 aromatic carbocycles. The van der Waals surface area contributed by atoms with Crippen molar-refractivity contribution < 1.29 is 27.2 Å². The van der Waals surface area contributed by atoms with Crippen LogP contribution in [0.4, 0.5) is 18.0 Å². The summed E-state index contributed by atoms with van der Waals surface area (Å²) in [4.78, 5) is 27.8. The second-order valence-electron chi connectivity index (χ2n) is 10.2. The van der Waals surface area contributed by atoms with Gasteiger partial charge in [0, 0.05) is 50.0 Å². The molecular weight excluding hydrogens is 543 g/mol. The molecule has 8 nitrogen and oxygen atoms in total. The Morgan fingerprint density at radius 2 is 1.85 bits per heavy atom. The SMILES string of the molecule is CC(=O)N1CCC(c2ccc(C3(Cc4ccc(-c5nnc(C(F)F)o5)cc4F)CSCCN3C(N)=O)cc2)CC1. The Bertz CT molecular complexity index is 1380. The third-order valence-corrected chi connectivity index (χ3v) is 9.01. The number of primary amides is 1. The summed E-state index contributed by atoms with van der Waals surface area (Å²) in [5.41, 5.74) is 7.49. The first-order valence-corrected chi connectivity index (χ1v) is 14.2. The van der Waals surface area contributed by atoms with Crippen LogP contribution >= 0.6 is 11.8 Å². The number of nitrogens with zero attached hydrogens (tertiary/aromatic N) is 4. The van der Waals surface area contributed by atoms with E-state index in [2.05, 4.69) is 22.3 Å². The highest BCUT2D eigenvalue weighted by atomic mass is 32.2. The number of carbonyl (C=O) groups is 2. The fraction of sp³-hybridized carbons (Fsp3) is 0.429. The first-order chi connectivity index (χ1) is 19.2. The molecule has 0 bridgehead atoms. The highest BCUT2D eigenvalue weighted by Crippen LogP contribution is 2.41. The van der Waals surface area contributed by atoms with E-state index in [0.717, 1.165) is 37.1 Å². The van der Waals surface area contributed by atoms with Crippen molar-refractivity contribution in [1.82, 2.24) is 20.0 Å². The monoisotopic (exact) mass is 573 g/mol. The molecule has 2 aliphatic rings. The molecule has 1 aromatic heterocycles. The summed E-state index contributed by atoms with van der Waals surface area (Å²) in [5.74, 6) is 0.0377. The molecule has 3 aromatic rings. The topological polar surface area (TPSA) is 106 Å². The maximum atomic E-state index is 15.5. The van der Waals surface area contributed by atoms with Crippen LogP contribution in [0.15, 0.2) is 46.9 Å². The van der Waals surface area contributed by atoms with E-state index in [1.165, 1.54) is 12.1 Å². The predicted molar refractivity (Wildman–Crippen MR) is 144 cm³/mol. The number of thioether (sulfide) groups is 1. The van der Waals surface area contributed by atoms with Gasteiger partial charge in [0.25, 0.3) is 5.89 Å². The summed E-state index contributed by atoms with van der Waals surface area (Å²) in [6.07, 6.45) is -1.00. The second kappa shape index (κ2) is 11.5. The number of urea groups is 1. The summed E-state index contributed by atoms with van der Waals surface area (Å²) < 4.78 is 46.1. The molecule has 2 N–H and O–H groups in total. The van der Waals surface area contributed by atoms with Crippen molar-refractivity contribution in [2.45, 2.75) is 44.1 Å². The van der Waals surface area contributed by atoms with Gasteiger partial charge in [0.15, 0.2) is 0 Å². The lowest BCUT2D eigenvalue weighted by molar-refractivity contribution is -0.129. The predicted octanol–water partition coefficient (Wildman–Crippen LogP) is 5.10. The number of hydrogen-bond donors (Lipinski definition) is 1. The first-order valence-electron chi connectivity index (χ1n) is 13.1. The van der Waals surface area contributed by atoms with Crippen LogP contribution in [0.1, 0.15) is 54.7 Å². The lowest BCUT2D eigenvalue weighted by atomic mass is 9.81. The summed E-state index contributed by atoms with van der Waals surface area (Å²) in [5, 5.41) is 6.90. The summed E-state index contributed by atoms with van der Waals surface area (Å²) >= 11 is 1.67. The number of alkyl halides is 2. The number of hydrogen-bond acceptors (Lipinski definition) is 6. The third kappa shape index (κ3) is 5.54. The zero-order valence-corrected chi connectivity index (χ0v) is 22.8. The van der Waals surface area contributed by atoms with Crippen LogP contribution in [0, 0.1) is 5.82 Å². The lowest BCUT2D eigenvalue weighted by Gasteiger charge is -2.47. The fourth-order valence-corrected chi connectivity index (χ4v) is 6.89. The molecule has 5 rings (SSSR count). The quantitative estimate of drug-likeness (QED) is 0.440. The molecular formula is C28H30F3N5O3S. The molecule has 3 amide bonds. The van der Waals surface area contributed by atoms with Crippen LogP contribution in [0.5, 0.6) is 0 Å². The van der Waals surface area contributed by atoms with E-state index in [0.29, 0.717) is 29.5 Å². The van der Waals surface area contributed by atoms with Crippen molar-refractivity contribution in [2.75, 3.05) is 31.1 Å². The molecule has 212 valence electrons. The van der Waals surface area contributed by atoms with Crippen molar-refractivity contribution in [1.29, 1.82) is 0 Å². The largest absolute Gasteiger partial charge is 0.415 e. The molecule has 3 heterocycles. The molecule has 2 saturated heterocycles. The van der Waals surface area contributed by atoms with Gasteiger partial charge in [-0.3, -0.25) is 4.79 Å². The van der Waals surface area contributed by atoms with Gasteiger partial charge in [-0.2, -0.15) is 20.5 Å². The van der Waals surface area contributed by atoms with E-state index in [1.54, 1.807) is 29.7 Å². The first kappa shape index (κ1) is 28.0. The highest BCUT2D eigenvalue weighted by Gasteiger charge is 2.43. The number of nitrogens with two attached hydrogens (primary N) is 1. The van der Waals surface area contributed by atoms with E-state index >= 15 is 4.39 Å². The molecule has 0 radical (unpaired) electrons. The normalized spacial score (nSPS) is 20.2. The van der Waals surface area contributed by atoms with Crippen LogP contribution in [0.2, 0.25) is 0 Å². The van der Waals surface area contributed by atoms with Crippen molar-refractivity contribution in [3.05, 3.63) is 70.9 Å². The summed E-state index contributed by atoms with van der Waals surface area (Å²) in [6.45, 7) is 3.45. The van der Waals surface area contributed by atoms with Crippen molar-refractivity contribution in [3.63, 3.8) is 0 Å². The zero-order chi connectivity index (χ0) is 28.4. The molecule has 2 aliphatic heterocycles. The van der Waals surface area contributed by atoms with E-state index in [4.69, 9.17) is 10.2 Å². The second-order valence-corrected chi connectivity index (χ2v) is 11.3.